The summed E-state index contributed by atoms with van der Waals surface area (Å²) in [6.45, 7) is 4.67. The predicted molar refractivity (Wildman–Crippen MR) is 72.1 cm³/mol. The maximum Gasteiger partial charge on any atom is 0.330 e. The molecule has 0 saturated heterocycles. The lowest BCUT2D eigenvalue weighted by Gasteiger charge is -2.23. The highest BCUT2D eigenvalue weighted by Crippen LogP contribution is 2.16. The molecule has 0 radical (unpaired) electrons. The molecule has 0 aliphatic heterocycles. The van der Waals surface area contributed by atoms with Gasteiger partial charge in [0.25, 0.3) is 0 Å². The van der Waals surface area contributed by atoms with Gasteiger partial charge < -0.3 is 20.1 Å². The van der Waals surface area contributed by atoms with Crippen LogP contribution in [-0.4, -0.2) is 48.8 Å². The second-order valence-corrected chi connectivity index (χ2v) is 4.45. The van der Waals surface area contributed by atoms with Gasteiger partial charge in [0.1, 0.15) is 23.5 Å². The summed E-state index contributed by atoms with van der Waals surface area (Å²) in [6, 6.07) is 1.72. The molecule has 0 aliphatic carbocycles. The van der Waals surface area contributed by atoms with Crippen LogP contribution in [0.3, 0.4) is 0 Å². The van der Waals surface area contributed by atoms with Crippen molar-refractivity contribution in [3.63, 3.8) is 0 Å². The molecule has 1 aromatic rings. The van der Waals surface area contributed by atoms with Crippen molar-refractivity contribution in [3.05, 3.63) is 12.4 Å². The minimum absolute atomic E-state index is 0.361. The van der Waals surface area contributed by atoms with Crippen molar-refractivity contribution in [2.75, 3.05) is 38.0 Å². The van der Waals surface area contributed by atoms with Crippen molar-refractivity contribution in [1.29, 1.82) is 0 Å². The van der Waals surface area contributed by atoms with Gasteiger partial charge in [-0.15, -0.1) is 0 Å². The van der Waals surface area contributed by atoms with E-state index in [9.17, 15) is 4.79 Å². The lowest BCUT2D eigenvalue weighted by molar-refractivity contribution is -0.144. The van der Waals surface area contributed by atoms with Crippen LogP contribution < -0.4 is 10.6 Å². The summed E-state index contributed by atoms with van der Waals surface area (Å²) >= 11 is 0. The van der Waals surface area contributed by atoms with Crippen LogP contribution in [0.4, 0.5) is 11.6 Å². The zero-order chi connectivity index (χ0) is 14.3. The highest BCUT2D eigenvalue weighted by molar-refractivity contribution is 5.83. The summed E-state index contributed by atoms with van der Waals surface area (Å²) < 4.78 is 9.66. The number of carbonyl (C=O) groups is 1. The standard InChI is InChI=1S/C12H20N4O3/c1-12(2,11(17)19-4)16-10-7-9(14-8-15-10)13-5-6-18-3/h7-8H,5-6H2,1-4H3,(H2,13,14,15,16). The molecule has 0 amide bonds. The van der Waals surface area contributed by atoms with E-state index in [2.05, 4.69) is 20.6 Å². The minimum Gasteiger partial charge on any atom is -0.467 e. The van der Waals surface area contributed by atoms with E-state index in [1.54, 1.807) is 27.0 Å². The third kappa shape index (κ3) is 4.70. The van der Waals surface area contributed by atoms with Crippen LogP contribution in [0.1, 0.15) is 13.8 Å². The smallest absolute Gasteiger partial charge is 0.330 e. The number of carbonyl (C=O) groups excluding carboxylic acids is 1. The molecule has 1 heterocycles. The average molecular weight is 268 g/mol. The molecule has 1 rings (SSSR count). The van der Waals surface area contributed by atoms with Gasteiger partial charge in [0.05, 0.1) is 13.7 Å². The molecule has 19 heavy (non-hydrogen) atoms. The summed E-state index contributed by atoms with van der Waals surface area (Å²) in [7, 11) is 2.98. The van der Waals surface area contributed by atoms with E-state index in [0.717, 1.165) is 0 Å². The number of nitrogens with one attached hydrogen (secondary N) is 2. The van der Waals surface area contributed by atoms with E-state index in [1.807, 2.05) is 0 Å². The zero-order valence-corrected chi connectivity index (χ0v) is 11.7. The Hall–Kier alpha value is -1.89. The first-order valence-electron chi connectivity index (χ1n) is 5.91. The van der Waals surface area contributed by atoms with E-state index < -0.39 is 5.54 Å². The lowest BCUT2D eigenvalue weighted by atomic mass is 10.1. The summed E-state index contributed by atoms with van der Waals surface area (Å²) in [4.78, 5) is 19.7. The third-order valence-electron chi connectivity index (χ3n) is 2.42. The van der Waals surface area contributed by atoms with Gasteiger partial charge in [-0.25, -0.2) is 14.8 Å². The zero-order valence-electron chi connectivity index (χ0n) is 11.7. The highest BCUT2D eigenvalue weighted by atomic mass is 16.5. The Morgan fingerprint density at radius 1 is 1.32 bits per heavy atom. The topological polar surface area (TPSA) is 85.4 Å². The first-order valence-corrected chi connectivity index (χ1v) is 5.91. The van der Waals surface area contributed by atoms with Crippen LogP contribution in [0.2, 0.25) is 0 Å². The number of anilines is 2. The van der Waals surface area contributed by atoms with Crippen molar-refractivity contribution in [1.82, 2.24) is 9.97 Å². The lowest BCUT2D eigenvalue weighted by Crippen LogP contribution is -2.41. The summed E-state index contributed by atoms with van der Waals surface area (Å²) in [5, 5.41) is 6.09. The molecule has 2 N–H and O–H groups in total. The van der Waals surface area contributed by atoms with E-state index in [-0.39, 0.29) is 5.97 Å². The first kappa shape index (κ1) is 15.2. The fourth-order valence-electron chi connectivity index (χ4n) is 1.43. The van der Waals surface area contributed by atoms with Crippen LogP contribution in [0.15, 0.2) is 12.4 Å². The number of aromatic nitrogens is 2. The number of hydrogen-bond acceptors (Lipinski definition) is 7. The molecule has 0 atom stereocenters. The molecule has 0 bridgehead atoms. The van der Waals surface area contributed by atoms with Gasteiger partial charge in [-0.3, -0.25) is 0 Å². The molecule has 7 nitrogen and oxygen atoms in total. The molecule has 0 aliphatic rings. The van der Waals surface area contributed by atoms with Crippen molar-refractivity contribution in [3.8, 4) is 0 Å². The van der Waals surface area contributed by atoms with Gasteiger partial charge in [0.2, 0.25) is 0 Å². The van der Waals surface area contributed by atoms with Crippen molar-refractivity contribution < 1.29 is 14.3 Å². The van der Waals surface area contributed by atoms with Gasteiger partial charge in [-0.2, -0.15) is 0 Å². The number of rotatable bonds is 7. The van der Waals surface area contributed by atoms with E-state index in [4.69, 9.17) is 9.47 Å². The van der Waals surface area contributed by atoms with Crippen LogP contribution in [0, 0.1) is 0 Å². The van der Waals surface area contributed by atoms with E-state index in [1.165, 1.54) is 13.4 Å². The average Bonchev–Trinajstić information content (AvgIpc) is 2.38. The molecular formula is C12H20N4O3. The first-order chi connectivity index (χ1) is 8.99. The summed E-state index contributed by atoms with van der Waals surface area (Å²) in [5.41, 5.74) is -0.854. The normalized spacial score (nSPS) is 10.9. The summed E-state index contributed by atoms with van der Waals surface area (Å²) in [5.74, 6) is 0.848. The third-order valence-corrected chi connectivity index (χ3v) is 2.42. The monoisotopic (exact) mass is 268 g/mol. The molecule has 0 unspecified atom stereocenters. The van der Waals surface area contributed by atoms with Gasteiger partial charge >= 0.3 is 5.97 Å². The maximum absolute atomic E-state index is 11.6. The van der Waals surface area contributed by atoms with Crippen LogP contribution in [0.5, 0.6) is 0 Å². The Kier molecular flexibility index (Phi) is 5.50. The second kappa shape index (κ2) is 6.89. The van der Waals surface area contributed by atoms with E-state index >= 15 is 0 Å². The quantitative estimate of drug-likeness (QED) is 0.561. The fourth-order valence-corrected chi connectivity index (χ4v) is 1.43. The maximum atomic E-state index is 11.6. The molecular weight excluding hydrogens is 248 g/mol. The molecule has 0 aromatic carbocycles. The van der Waals surface area contributed by atoms with E-state index in [0.29, 0.717) is 24.8 Å². The van der Waals surface area contributed by atoms with Crippen LogP contribution in [-0.2, 0) is 14.3 Å². The number of esters is 1. The molecule has 106 valence electrons. The number of ether oxygens (including phenoxy) is 2. The Labute approximate surface area is 112 Å². The SMILES string of the molecule is COCCNc1cc(NC(C)(C)C(=O)OC)ncn1. The van der Waals surface area contributed by atoms with Gasteiger partial charge in [0.15, 0.2) is 0 Å². The Balaban J connectivity index is 2.68. The molecule has 0 saturated carbocycles. The summed E-state index contributed by atoms with van der Waals surface area (Å²) in [6.07, 6.45) is 1.42. The predicted octanol–water partition coefficient (Wildman–Crippen LogP) is 0.898. The van der Waals surface area contributed by atoms with Gasteiger partial charge in [0, 0.05) is 19.7 Å². The van der Waals surface area contributed by atoms with Crippen LogP contribution >= 0.6 is 0 Å². The second-order valence-electron chi connectivity index (χ2n) is 4.45. The number of hydrogen-bond donors (Lipinski definition) is 2. The largest absolute Gasteiger partial charge is 0.467 e. The Bertz CT molecular complexity index is 423. The number of methoxy groups -OCH3 is 2. The Morgan fingerprint density at radius 2 is 2.00 bits per heavy atom. The fraction of sp³-hybridized carbons (Fsp3) is 0.583. The number of nitrogens with zero attached hydrogens (tertiary/aromatic N) is 2. The molecule has 0 spiro atoms. The Morgan fingerprint density at radius 3 is 2.63 bits per heavy atom. The minimum atomic E-state index is -0.854. The van der Waals surface area contributed by atoms with Crippen molar-refractivity contribution >= 4 is 17.6 Å². The molecule has 7 heteroatoms. The molecule has 0 fully saturated rings. The van der Waals surface area contributed by atoms with Gasteiger partial charge in [-0.05, 0) is 13.8 Å². The van der Waals surface area contributed by atoms with Crippen molar-refractivity contribution in [2.24, 2.45) is 0 Å². The highest BCUT2D eigenvalue weighted by Gasteiger charge is 2.28. The van der Waals surface area contributed by atoms with Crippen molar-refractivity contribution in [2.45, 2.75) is 19.4 Å². The van der Waals surface area contributed by atoms with Gasteiger partial charge in [-0.1, -0.05) is 0 Å². The van der Waals surface area contributed by atoms with Crippen LogP contribution in [0.25, 0.3) is 0 Å². The molecule has 1 aromatic heterocycles.